The summed E-state index contributed by atoms with van der Waals surface area (Å²) in [5.41, 5.74) is 2.21. The molecule has 21 heavy (non-hydrogen) atoms. The zero-order valence-electron chi connectivity index (χ0n) is 11.7. The van der Waals surface area contributed by atoms with Crippen molar-refractivity contribution in [3.63, 3.8) is 0 Å². The largest absolute Gasteiger partial charge is 0.357 e. The first-order valence-corrected chi connectivity index (χ1v) is 8.27. The van der Waals surface area contributed by atoms with Gasteiger partial charge in [0.05, 0.1) is 5.52 Å². The Bertz CT molecular complexity index is 891. The minimum atomic E-state index is 0.122. The lowest BCUT2D eigenvalue weighted by molar-refractivity contribution is 0.700. The second kappa shape index (κ2) is 4.99. The van der Waals surface area contributed by atoms with E-state index >= 15 is 0 Å². The summed E-state index contributed by atoms with van der Waals surface area (Å²) in [6.45, 7) is 0. The highest BCUT2D eigenvalue weighted by Crippen LogP contribution is 2.35. The number of hydrogen-bond acceptors (Lipinski definition) is 1. The van der Waals surface area contributed by atoms with Crippen molar-refractivity contribution in [2.75, 3.05) is 0 Å². The first kappa shape index (κ1) is 13.1. The second-order valence-electron chi connectivity index (χ2n) is 5.90. The SMILES string of the molecule is O=c1cc(C2CCCC2)[nH]c2c1cc(Br)c1ccccc12. The topological polar surface area (TPSA) is 32.9 Å². The van der Waals surface area contributed by atoms with Crippen LogP contribution in [0.5, 0.6) is 0 Å². The molecule has 1 saturated carbocycles. The molecule has 3 heteroatoms. The Morgan fingerprint density at radius 3 is 2.48 bits per heavy atom. The molecule has 0 spiro atoms. The maximum Gasteiger partial charge on any atom is 0.189 e. The molecule has 1 N–H and O–H groups in total. The number of aromatic amines is 1. The lowest BCUT2D eigenvalue weighted by Gasteiger charge is -2.12. The molecule has 0 aliphatic heterocycles. The van der Waals surface area contributed by atoms with Crippen molar-refractivity contribution >= 4 is 37.6 Å². The van der Waals surface area contributed by atoms with Crippen molar-refractivity contribution in [3.8, 4) is 0 Å². The molecule has 0 bridgehead atoms. The Balaban J connectivity index is 2.08. The van der Waals surface area contributed by atoms with E-state index < -0.39 is 0 Å². The van der Waals surface area contributed by atoms with Gasteiger partial charge in [0.2, 0.25) is 0 Å². The fourth-order valence-corrected chi connectivity index (χ4v) is 4.09. The molecule has 1 aromatic heterocycles. The third-order valence-corrected chi connectivity index (χ3v) is 5.27. The molecule has 1 aliphatic rings. The van der Waals surface area contributed by atoms with Gasteiger partial charge in [0.25, 0.3) is 0 Å². The molecular formula is C18H16BrNO. The van der Waals surface area contributed by atoms with Crippen LogP contribution < -0.4 is 5.43 Å². The molecule has 0 radical (unpaired) electrons. The normalized spacial score (nSPS) is 16.0. The van der Waals surface area contributed by atoms with E-state index in [1.165, 1.54) is 25.7 Å². The van der Waals surface area contributed by atoms with Crippen molar-refractivity contribution in [3.05, 3.63) is 56.8 Å². The number of aromatic nitrogens is 1. The Morgan fingerprint density at radius 1 is 1.00 bits per heavy atom. The van der Waals surface area contributed by atoms with Gasteiger partial charge < -0.3 is 4.98 Å². The number of halogens is 1. The van der Waals surface area contributed by atoms with E-state index in [-0.39, 0.29) is 5.43 Å². The van der Waals surface area contributed by atoms with Crippen molar-refractivity contribution in [2.24, 2.45) is 0 Å². The van der Waals surface area contributed by atoms with Crippen LogP contribution in [-0.2, 0) is 0 Å². The number of fused-ring (bicyclic) bond motifs is 3. The Kier molecular flexibility index (Phi) is 3.11. The summed E-state index contributed by atoms with van der Waals surface area (Å²) < 4.78 is 0.977. The molecular weight excluding hydrogens is 326 g/mol. The van der Waals surface area contributed by atoms with Crippen LogP contribution in [-0.4, -0.2) is 4.98 Å². The minimum absolute atomic E-state index is 0.122. The predicted octanol–water partition coefficient (Wildman–Crippen LogP) is 5.10. The molecule has 0 atom stereocenters. The lowest BCUT2D eigenvalue weighted by Crippen LogP contribution is -2.08. The van der Waals surface area contributed by atoms with Crippen molar-refractivity contribution < 1.29 is 0 Å². The van der Waals surface area contributed by atoms with Crippen LogP contribution in [0.1, 0.15) is 37.3 Å². The summed E-state index contributed by atoms with van der Waals surface area (Å²) in [5.74, 6) is 0.518. The number of pyridine rings is 1. The molecule has 0 unspecified atom stereocenters. The average Bonchev–Trinajstić information content (AvgIpc) is 3.03. The van der Waals surface area contributed by atoms with Crippen LogP contribution in [0.3, 0.4) is 0 Å². The quantitative estimate of drug-likeness (QED) is 0.613. The van der Waals surface area contributed by atoms with Crippen LogP contribution in [0.2, 0.25) is 0 Å². The summed E-state index contributed by atoms with van der Waals surface area (Å²) in [7, 11) is 0. The number of rotatable bonds is 1. The first-order chi connectivity index (χ1) is 10.2. The van der Waals surface area contributed by atoms with Crippen LogP contribution in [0.4, 0.5) is 0 Å². The van der Waals surface area contributed by atoms with Gasteiger partial charge in [0.15, 0.2) is 5.43 Å². The van der Waals surface area contributed by atoms with E-state index in [1.807, 2.05) is 18.2 Å². The highest BCUT2D eigenvalue weighted by atomic mass is 79.9. The standard InChI is InChI=1S/C18H16BrNO/c19-15-9-14-17(21)10-16(11-5-1-2-6-11)20-18(14)13-8-4-3-7-12(13)15/h3-4,7-11H,1-2,5-6H2,(H,20,21). The van der Waals surface area contributed by atoms with Gasteiger partial charge in [-0.15, -0.1) is 0 Å². The van der Waals surface area contributed by atoms with E-state index in [4.69, 9.17) is 0 Å². The highest BCUT2D eigenvalue weighted by molar-refractivity contribution is 9.10. The van der Waals surface area contributed by atoms with Crippen LogP contribution in [0.25, 0.3) is 21.7 Å². The molecule has 1 heterocycles. The van der Waals surface area contributed by atoms with Gasteiger partial charge in [-0.25, -0.2) is 0 Å². The molecule has 2 nitrogen and oxygen atoms in total. The number of hydrogen-bond donors (Lipinski definition) is 1. The maximum atomic E-state index is 12.5. The van der Waals surface area contributed by atoms with Crippen LogP contribution in [0, 0.1) is 0 Å². The smallest absolute Gasteiger partial charge is 0.189 e. The molecule has 1 fully saturated rings. The van der Waals surface area contributed by atoms with Crippen molar-refractivity contribution in [1.82, 2.24) is 4.98 Å². The number of nitrogens with one attached hydrogen (secondary N) is 1. The first-order valence-electron chi connectivity index (χ1n) is 7.48. The summed E-state index contributed by atoms with van der Waals surface area (Å²) >= 11 is 3.58. The average molecular weight is 342 g/mol. The van der Waals surface area contributed by atoms with E-state index in [0.29, 0.717) is 5.92 Å². The van der Waals surface area contributed by atoms with Gasteiger partial charge in [-0.05, 0) is 30.2 Å². The minimum Gasteiger partial charge on any atom is -0.357 e. The van der Waals surface area contributed by atoms with E-state index in [1.54, 1.807) is 6.07 Å². The number of H-pyrrole nitrogens is 1. The Labute approximate surface area is 131 Å². The molecule has 4 rings (SSSR count). The fourth-order valence-electron chi connectivity index (χ4n) is 3.52. The van der Waals surface area contributed by atoms with Gasteiger partial charge in [0.1, 0.15) is 0 Å². The summed E-state index contributed by atoms with van der Waals surface area (Å²) in [5, 5.41) is 3.02. The van der Waals surface area contributed by atoms with Crippen molar-refractivity contribution in [1.29, 1.82) is 0 Å². The van der Waals surface area contributed by atoms with E-state index in [2.05, 4.69) is 33.0 Å². The molecule has 3 aromatic rings. The highest BCUT2D eigenvalue weighted by Gasteiger charge is 2.19. The third-order valence-electron chi connectivity index (χ3n) is 4.61. The molecule has 0 amide bonds. The lowest BCUT2D eigenvalue weighted by atomic mass is 10.0. The van der Waals surface area contributed by atoms with E-state index in [9.17, 15) is 4.79 Å². The van der Waals surface area contributed by atoms with Gasteiger partial charge in [-0.1, -0.05) is 53.0 Å². The molecule has 1 aliphatic carbocycles. The van der Waals surface area contributed by atoms with Crippen LogP contribution in [0.15, 0.2) is 45.7 Å². The fraction of sp³-hybridized carbons (Fsp3) is 0.278. The molecule has 2 aromatic carbocycles. The van der Waals surface area contributed by atoms with Gasteiger partial charge in [-0.3, -0.25) is 4.79 Å². The van der Waals surface area contributed by atoms with Gasteiger partial charge in [0, 0.05) is 27.0 Å². The van der Waals surface area contributed by atoms with Crippen LogP contribution >= 0.6 is 15.9 Å². The predicted molar refractivity (Wildman–Crippen MR) is 91.0 cm³/mol. The zero-order valence-corrected chi connectivity index (χ0v) is 13.2. The zero-order chi connectivity index (χ0) is 14.4. The molecule has 0 saturated heterocycles. The monoisotopic (exact) mass is 341 g/mol. The third kappa shape index (κ3) is 2.11. The molecule has 106 valence electrons. The summed E-state index contributed by atoms with van der Waals surface area (Å²) in [6.07, 6.45) is 4.92. The second-order valence-corrected chi connectivity index (χ2v) is 6.75. The Morgan fingerprint density at radius 2 is 1.71 bits per heavy atom. The summed E-state index contributed by atoms with van der Waals surface area (Å²) in [6, 6.07) is 12.0. The van der Waals surface area contributed by atoms with Gasteiger partial charge >= 0.3 is 0 Å². The summed E-state index contributed by atoms with van der Waals surface area (Å²) in [4.78, 5) is 16.1. The Hall–Kier alpha value is -1.61. The van der Waals surface area contributed by atoms with E-state index in [0.717, 1.165) is 31.8 Å². The van der Waals surface area contributed by atoms with Crippen molar-refractivity contribution in [2.45, 2.75) is 31.6 Å². The maximum absolute atomic E-state index is 12.5. The number of benzene rings is 2. The van der Waals surface area contributed by atoms with Gasteiger partial charge in [-0.2, -0.15) is 0 Å².